The van der Waals surface area contributed by atoms with Crippen LogP contribution in [0.1, 0.15) is 0 Å². The summed E-state index contributed by atoms with van der Waals surface area (Å²) in [5.41, 5.74) is 0. The Morgan fingerprint density at radius 2 is 2.33 bits per heavy atom. The lowest BCUT2D eigenvalue weighted by atomic mass is 10.6. The Morgan fingerprint density at radius 1 is 1.44 bits per heavy atom. The Labute approximate surface area is 64.5 Å². The average molecular weight is 204 g/mol. The molecule has 0 atom stereocenters. The molecule has 0 amide bonds. The van der Waals surface area contributed by atoms with Gasteiger partial charge in [0.15, 0.2) is 5.84 Å². The zero-order chi connectivity index (χ0) is 6.27. The molecule has 2 aliphatic rings. The predicted molar refractivity (Wildman–Crippen MR) is 40.7 cm³/mol. The zero-order valence-electron chi connectivity index (χ0n) is 4.33. The molecule has 0 saturated carbocycles. The summed E-state index contributed by atoms with van der Waals surface area (Å²) in [5.74, 6) is 1.57. The highest BCUT2D eigenvalue weighted by Gasteiger charge is 2.22. The number of rotatable bonds is 0. The molecule has 0 bridgehead atoms. The number of hydrogen-bond acceptors (Lipinski definition) is 4. The molecular formula is C4H2BrN3S. The zero-order valence-corrected chi connectivity index (χ0v) is 6.74. The highest BCUT2D eigenvalue weighted by Crippen LogP contribution is 2.35. The highest BCUT2D eigenvalue weighted by atomic mass is 79.9. The first-order valence-corrected chi connectivity index (χ1v) is 4.15. The van der Waals surface area contributed by atoms with Crippen LogP contribution in [0, 0.1) is 0 Å². The Kier molecular flexibility index (Phi) is 1.19. The monoisotopic (exact) mass is 203 g/mol. The molecule has 0 aromatic rings. The van der Waals surface area contributed by atoms with Crippen molar-refractivity contribution in [1.29, 1.82) is 0 Å². The largest absolute Gasteiger partial charge is 0.253 e. The summed E-state index contributed by atoms with van der Waals surface area (Å²) < 4.78 is 0.823. The Bertz CT molecular complexity index is 239. The second kappa shape index (κ2) is 1.91. The lowest BCUT2D eigenvalue weighted by Crippen LogP contribution is -1.82. The maximum Gasteiger partial charge on any atom is 0.187 e. The summed E-state index contributed by atoms with van der Waals surface area (Å²) in [6, 6.07) is 0. The van der Waals surface area contributed by atoms with E-state index in [9.17, 15) is 0 Å². The molecule has 0 aromatic carbocycles. The summed E-state index contributed by atoms with van der Waals surface area (Å²) in [4.78, 5) is 5.16. The quantitative estimate of drug-likeness (QED) is 0.556. The SMILES string of the molecule is BrC1=C2SCN=C2N=N1. The molecule has 9 heavy (non-hydrogen) atoms. The van der Waals surface area contributed by atoms with Crippen LogP contribution < -0.4 is 0 Å². The third-order valence-electron chi connectivity index (χ3n) is 1.05. The average Bonchev–Trinajstić information content (AvgIpc) is 2.35. The van der Waals surface area contributed by atoms with Crippen molar-refractivity contribution in [2.24, 2.45) is 15.2 Å². The predicted octanol–water partition coefficient (Wildman–Crippen LogP) is 2.12. The van der Waals surface area contributed by atoms with Gasteiger partial charge in [-0.05, 0) is 15.9 Å². The second-order valence-corrected chi connectivity index (χ2v) is 3.28. The summed E-state index contributed by atoms with van der Waals surface area (Å²) in [6.07, 6.45) is 0. The van der Waals surface area contributed by atoms with Crippen LogP contribution in [0.3, 0.4) is 0 Å². The van der Waals surface area contributed by atoms with Gasteiger partial charge in [0.2, 0.25) is 0 Å². The van der Waals surface area contributed by atoms with Gasteiger partial charge in [0.25, 0.3) is 0 Å². The van der Waals surface area contributed by atoms with E-state index < -0.39 is 0 Å². The molecule has 0 aromatic heterocycles. The van der Waals surface area contributed by atoms with Crippen molar-refractivity contribution in [3.63, 3.8) is 0 Å². The van der Waals surface area contributed by atoms with Gasteiger partial charge < -0.3 is 0 Å². The fourth-order valence-electron chi connectivity index (χ4n) is 0.660. The molecular weight excluding hydrogens is 202 g/mol. The van der Waals surface area contributed by atoms with Crippen LogP contribution in [0.15, 0.2) is 24.7 Å². The van der Waals surface area contributed by atoms with E-state index in [-0.39, 0.29) is 0 Å². The smallest absolute Gasteiger partial charge is 0.187 e. The van der Waals surface area contributed by atoms with E-state index in [0.717, 1.165) is 21.2 Å². The third kappa shape index (κ3) is 0.753. The first-order valence-electron chi connectivity index (χ1n) is 2.37. The van der Waals surface area contributed by atoms with E-state index in [1.54, 1.807) is 11.8 Å². The van der Waals surface area contributed by atoms with Crippen molar-refractivity contribution in [1.82, 2.24) is 0 Å². The van der Waals surface area contributed by atoms with Gasteiger partial charge in [-0.25, -0.2) is 0 Å². The second-order valence-electron chi connectivity index (χ2n) is 1.58. The van der Waals surface area contributed by atoms with Gasteiger partial charge in [-0.3, -0.25) is 4.99 Å². The van der Waals surface area contributed by atoms with Gasteiger partial charge in [0.05, 0.1) is 10.8 Å². The minimum absolute atomic E-state index is 0.784. The maximum absolute atomic E-state index is 4.08. The van der Waals surface area contributed by atoms with Gasteiger partial charge >= 0.3 is 0 Å². The minimum atomic E-state index is 0.784. The number of halogens is 1. The fourth-order valence-corrected chi connectivity index (χ4v) is 1.97. The first kappa shape index (κ1) is 5.61. The molecule has 0 aliphatic carbocycles. The van der Waals surface area contributed by atoms with Gasteiger partial charge in [-0.15, -0.1) is 10.2 Å². The van der Waals surface area contributed by atoms with Crippen LogP contribution in [0.25, 0.3) is 0 Å². The van der Waals surface area contributed by atoms with E-state index in [2.05, 4.69) is 31.2 Å². The molecule has 0 unspecified atom stereocenters. The molecule has 0 spiro atoms. The third-order valence-corrected chi connectivity index (χ3v) is 2.79. The van der Waals surface area contributed by atoms with Gasteiger partial charge in [0, 0.05) is 0 Å². The Hall–Kier alpha value is -0.160. The van der Waals surface area contributed by atoms with Crippen molar-refractivity contribution in [2.75, 3.05) is 5.88 Å². The van der Waals surface area contributed by atoms with Gasteiger partial charge in [-0.1, -0.05) is 11.8 Å². The van der Waals surface area contributed by atoms with Crippen molar-refractivity contribution in [3.05, 3.63) is 9.51 Å². The minimum Gasteiger partial charge on any atom is -0.253 e. The number of amidine groups is 1. The summed E-state index contributed by atoms with van der Waals surface area (Å²) in [7, 11) is 0. The number of nitrogens with zero attached hydrogens (tertiary/aromatic N) is 3. The summed E-state index contributed by atoms with van der Waals surface area (Å²) in [6.45, 7) is 0. The number of hydrogen-bond donors (Lipinski definition) is 0. The lowest BCUT2D eigenvalue weighted by molar-refractivity contribution is 1.28. The van der Waals surface area contributed by atoms with Crippen LogP contribution in [0.4, 0.5) is 0 Å². The van der Waals surface area contributed by atoms with Crippen molar-refractivity contribution in [2.45, 2.75) is 0 Å². The van der Waals surface area contributed by atoms with Crippen LogP contribution in [0.2, 0.25) is 0 Å². The molecule has 0 radical (unpaired) electrons. The first-order chi connectivity index (χ1) is 4.38. The number of fused-ring (bicyclic) bond motifs is 1. The molecule has 2 rings (SSSR count). The Balaban J connectivity index is 2.52. The van der Waals surface area contributed by atoms with E-state index in [0.29, 0.717) is 0 Å². The number of azo groups is 1. The van der Waals surface area contributed by atoms with Gasteiger partial charge in [0.1, 0.15) is 4.61 Å². The molecule has 3 nitrogen and oxygen atoms in total. The number of thioether (sulfide) groups is 1. The van der Waals surface area contributed by atoms with Crippen LogP contribution in [0.5, 0.6) is 0 Å². The normalized spacial score (nSPS) is 23.0. The van der Waals surface area contributed by atoms with Crippen LogP contribution in [-0.2, 0) is 0 Å². The van der Waals surface area contributed by atoms with Crippen LogP contribution >= 0.6 is 27.7 Å². The lowest BCUT2D eigenvalue weighted by Gasteiger charge is -1.84. The Morgan fingerprint density at radius 3 is 3.11 bits per heavy atom. The van der Waals surface area contributed by atoms with E-state index in [1.165, 1.54) is 0 Å². The summed E-state index contributed by atoms with van der Waals surface area (Å²) in [5, 5.41) is 7.60. The van der Waals surface area contributed by atoms with Crippen molar-refractivity contribution in [3.8, 4) is 0 Å². The molecule has 5 heteroatoms. The van der Waals surface area contributed by atoms with Crippen LogP contribution in [-0.4, -0.2) is 11.7 Å². The molecule has 0 saturated heterocycles. The molecule has 0 fully saturated rings. The molecule has 2 heterocycles. The van der Waals surface area contributed by atoms with Crippen molar-refractivity contribution < 1.29 is 0 Å². The van der Waals surface area contributed by atoms with E-state index >= 15 is 0 Å². The topological polar surface area (TPSA) is 37.1 Å². The number of aliphatic imine (C=N–C) groups is 1. The molecule has 46 valence electrons. The van der Waals surface area contributed by atoms with E-state index in [4.69, 9.17) is 0 Å². The maximum atomic E-state index is 4.08. The fraction of sp³-hybridized carbons (Fsp3) is 0.250. The highest BCUT2D eigenvalue weighted by molar-refractivity contribution is 9.11. The van der Waals surface area contributed by atoms with Gasteiger partial charge in [-0.2, -0.15) is 0 Å². The van der Waals surface area contributed by atoms with E-state index in [1.807, 2.05) is 0 Å². The summed E-state index contributed by atoms with van der Waals surface area (Å²) >= 11 is 4.93. The molecule has 2 aliphatic heterocycles. The molecule has 0 N–H and O–H groups in total. The van der Waals surface area contributed by atoms with Crippen molar-refractivity contribution >= 4 is 33.5 Å². The standard InChI is InChI=1S/C4H2BrN3S/c5-3-2-4(8-7-3)6-1-9-2/h1H2.